The molecule has 1 N–H and O–H groups in total. The summed E-state index contributed by atoms with van der Waals surface area (Å²) >= 11 is 6.37. The number of aliphatic carboxylic acids is 1. The number of nitrogens with zero attached hydrogens (tertiary/aromatic N) is 2. The van der Waals surface area contributed by atoms with E-state index in [2.05, 4.69) is 5.10 Å². The van der Waals surface area contributed by atoms with E-state index in [1.54, 1.807) is 10.7 Å². The van der Waals surface area contributed by atoms with Gasteiger partial charge in [-0.2, -0.15) is 5.10 Å². The second-order valence-electron chi connectivity index (χ2n) is 5.32. The van der Waals surface area contributed by atoms with Crippen LogP contribution >= 0.6 is 11.6 Å². The van der Waals surface area contributed by atoms with Crippen molar-refractivity contribution in [2.75, 3.05) is 0 Å². The highest BCUT2D eigenvalue weighted by Crippen LogP contribution is 2.35. The number of aromatic nitrogens is 2. The fraction of sp³-hybridized carbons (Fsp3) is 0.176. The van der Waals surface area contributed by atoms with Gasteiger partial charge in [0.1, 0.15) is 0 Å². The SMILES string of the molecule is Cc1cccc(Cl)c1-c1ccn2ncc(CC(=O)O)c2c1C. The van der Waals surface area contributed by atoms with Crippen LogP contribution in [0.25, 0.3) is 16.6 Å². The number of rotatable bonds is 3. The zero-order chi connectivity index (χ0) is 15.9. The van der Waals surface area contributed by atoms with Crippen LogP contribution in [0.4, 0.5) is 0 Å². The number of hydrogen-bond donors (Lipinski definition) is 1. The van der Waals surface area contributed by atoms with Gasteiger partial charge in [-0.25, -0.2) is 4.52 Å². The van der Waals surface area contributed by atoms with Crippen molar-refractivity contribution < 1.29 is 9.90 Å². The van der Waals surface area contributed by atoms with Gasteiger partial charge in [0.05, 0.1) is 18.1 Å². The van der Waals surface area contributed by atoms with Gasteiger partial charge < -0.3 is 5.11 Å². The van der Waals surface area contributed by atoms with E-state index in [4.69, 9.17) is 16.7 Å². The summed E-state index contributed by atoms with van der Waals surface area (Å²) in [6.45, 7) is 3.99. The van der Waals surface area contributed by atoms with E-state index < -0.39 is 5.97 Å². The fourth-order valence-corrected chi connectivity index (χ4v) is 3.18. The van der Waals surface area contributed by atoms with Crippen molar-refractivity contribution in [1.82, 2.24) is 9.61 Å². The van der Waals surface area contributed by atoms with Crippen molar-refractivity contribution in [1.29, 1.82) is 0 Å². The van der Waals surface area contributed by atoms with Crippen LogP contribution in [-0.2, 0) is 11.2 Å². The lowest BCUT2D eigenvalue weighted by Crippen LogP contribution is -2.01. The summed E-state index contributed by atoms with van der Waals surface area (Å²) in [7, 11) is 0. The lowest BCUT2D eigenvalue weighted by molar-refractivity contribution is -0.136. The van der Waals surface area contributed by atoms with E-state index in [-0.39, 0.29) is 6.42 Å². The summed E-state index contributed by atoms with van der Waals surface area (Å²) in [5.41, 5.74) is 5.58. The molecule has 0 aliphatic rings. The first kappa shape index (κ1) is 14.6. The van der Waals surface area contributed by atoms with Gasteiger partial charge in [-0.1, -0.05) is 23.7 Å². The Kier molecular flexibility index (Phi) is 3.62. The second-order valence-corrected chi connectivity index (χ2v) is 5.73. The largest absolute Gasteiger partial charge is 0.481 e. The Hall–Kier alpha value is -2.33. The van der Waals surface area contributed by atoms with Gasteiger partial charge in [-0.05, 0) is 42.7 Å². The Morgan fingerprint density at radius 1 is 1.32 bits per heavy atom. The van der Waals surface area contributed by atoms with E-state index in [0.717, 1.165) is 27.8 Å². The minimum atomic E-state index is -0.867. The first-order chi connectivity index (χ1) is 10.5. The van der Waals surface area contributed by atoms with Crippen LogP contribution in [0.5, 0.6) is 0 Å². The monoisotopic (exact) mass is 314 g/mol. The molecule has 0 saturated heterocycles. The summed E-state index contributed by atoms with van der Waals surface area (Å²) in [6, 6.07) is 7.76. The van der Waals surface area contributed by atoms with Gasteiger partial charge in [0.15, 0.2) is 0 Å². The third kappa shape index (κ3) is 2.35. The molecule has 1 aromatic carbocycles. The number of halogens is 1. The normalized spacial score (nSPS) is 11.0. The highest BCUT2D eigenvalue weighted by Gasteiger charge is 2.16. The molecule has 0 amide bonds. The number of pyridine rings is 1. The van der Waals surface area contributed by atoms with Crippen LogP contribution in [-0.4, -0.2) is 20.7 Å². The summed E-state index contributed by atoms with van der Waals surface area (Å²) in [4.78, 5) is 11.0. The molecule has 0 radical (unpaired) electrons. The van der Waals surface area contributed by atoms with E-state index in [1.807, 2.05) is 44.3 Å². The molecule has 22 heavy (non-hydrogen) atoms. The van der Waals surface area contributed by atoms with E-state index in [9.17, 15) is 4.79 Å². The molecule has 0 aliphatic carbocycles. The topological polar surface area (TPSA) is 54.6 Å². The van der Waals surface area contributed by atoms with Crippen LogP contribution in [0.3, 0.4) is 0 Å². The average molecular weight is 315 g/mol. The number of fused-ring (bicyclic) bond motifs is 1. The predicted molar refractivity (Wildman–Crippen MR) is 86.5 cm³/mol. The zero-order valence-corrected chi connectivity index (χ0v) is 13.1. The molecule has 0 spiro atoms. The van der Waals surface area contributed by atoms with Crippen molar-refractivity contribution in [2.24, 2.45) is 0 Å². The maximum absolute atomic E-state index is 11.0. The molecule has 3 rings (SSSR count). The van der Waals surface area contributed by atoms with Gasteiger partial charge in [-0.3, -0.25) is 4.79 Å². The minimum Gasteiger partial charge on any atom is -0.481 e. The maximum atomic E-state index is 11.0. The summed E-state index contributed by atoms with van der Waals surface area (Å²) < 4.78 is 1.71. The molecule has 3 aromatic rings. The lowest BCUT2D eigenvalue weighted by atomic mass is 9.96. The highest BCUT2D eigenvalue weighted by molar-refractivity contribution is 6.33. The quantitative estimate of drug-likeness (QED) is 0.797. The van der Waals surface area contributed by atoms with Crippen molar-refractivity contribution in [3.8, 4) is 11.1 Å². The molecule has 0 aliphatic heterocycles. The van der Waals surface area contributed by atoms with Crippen molar-refractivity contribution in [3.05, 3.63) is 58.4 Å². The van der Waals surface area contributed by atoms with Gasteiger partial charge in [0, 0.05) is 22.3 Å². The van der Waals surface area contributed by atoms with Crippen molar-refractivity contribution in [2.45, 2.75) is 20.3 Å². The smallest absolute Gasteiger partial charge is 0.307 e. The second kappa shape index (κ2) is 5.46. The number of carboxylic acid groups (broad SMARTS) is 1. The fourth-order valence-electron chi connectivity index (χ4n) is 2.86. The lowest BCUT2D eigenvalue weighted by Gasteiger charge is -2.13. The third-order valence-electron chi connectivity index (χ3n) is 3.85. The molecular formula is C17H15ClN2O2. The summed E-state index contributed by atoms with van der Waals surface area (Å²) in [6.07, 6.45) is 3.40. The predicted octanol–water partition coefficient (Wildman–Crippen LogP) is 3.90. The molecule has 5 heteroatoms. The van der Waals surface area contributed by atoms with E-state index in [1.165, 1.54) is 0 Å². The van der Waals surface area contributed by atoms with Crippen molar-refractivity contribution in [3.63, 3.8) is 0 Å². The number of benzene rings is 1. The molecule has 2 aromatic heterocycles. The Morgan fingerprint density at radius 3 is 2.77 bits per heavy atom. The first-order valence-electron chi connectivity index (χ1n) is 6.92. The molecule has 0 atom stereocenters. The van der Waals surface area contributed by atoms with Crippen molar-refractivity contribution >= 4 is 23.1 Å². The van der Waals surface area contributed by atoms with Gasteiger partial charge >= 0.3 is 5.97 Å². The Labute approximate surface area is 133 Å². The summed E-state index contributed by atoms with van der Waals surface area (Å²) in [5, 5.41) is 14.0. The highest BCUT2D eigenvalue weighted by atomic mass is 35.5. The van der Waals surface area contributed by atoms with Crippen LogP contribution < -0.4 is 0 Å². The molecule has 0 saturated carbocycles. The number of aryl methyl sites for hydroxylation is 2. The average Bonchev–Trinajstić information content (AvgIpc) is 2.84. The molecule has 0 bridgehead atoms. The van der Waals surface area contributed by atoms with Crippen LogP contribution in [0.2, 0.25) is 5.02 Å². The van der Waals surface area contributed by atoms with Crippen LogP contribution in [0, 0.1) is 13.8 Å². The van der Waals surface area contributed by atoms with E-state index in [0.29, 0.717) is 10.6 Å². The summed E-state index contributed by atoms with van der Waals surface area (Å²) in [5.74, 6) is -0.867. The Balaban J connectivity index is 2.28. The van der Waals surface area contributed by atoms with Crippen LogP contribution in [0.15, 0.2) is 36.7 Å². The number of hydrogen-bond acceptors (Lipinski definition) is 2. The maximum Gasteiger partial charge on any atom is 0.307 e. The molecular weight excluding hydrogens is 300 g/mol. The Bertz CT molecular complexity index is 863. The van der Waals surface area contributed by atoms with Gasteiger partial charge in [0.2, 0.25) is 0 Å². The first-order valence-corrected chi connectivity index (χ1v) is 7.30. The molecule has 2 heterocycles. The number of carbonyl (C=O) groups is 1. The zero-order valence-electron chi connectivity index (χ0n) is 12.3. The molecule has 0 fully saturated rings. The molecule has 112 valence electrons. The van der Waals surface area contributed by atoms with Gasteiger partial charge in [0.25, 0.3) is 0 Å². The third-order valence-corrected chi connectivity index (χ3v) is 4.16. The molecule has 4 nitrogen and oxygen atoms in total. The van der Waals surface area contributed by atoms with Gasteiger partial charge in [-0.15, -0.1) is 0 Å². The number of carboxylic acids is 1. The van der Waals surface area contributed by atoms with Crippen LogP contribution in [0.1, 0.15) is 16.7 Å². The minimum absolute atomic E-state index is 0.0463. The standard InChI is InChI=1S/C17H15ClN2O2/c1-10-4-3-5-14(18)16(10)13-6-7-20-17(11(13)2)12(9-19-20)8-15(21)22/h3-7,9H,8H2,1-2H3,(H,21,22). The Morgan fingerprint density at radius 2 is 2.09 bits per heavy atom. The molecule has 0 unspecified atom stereocenters. The van der Waals surface area contributed by atoms with E-state index >= 15 is 0 Å².